The Kier molecular flexibility index (Phi) is 4.26. The van der Waals surface area contributed by atoms with Crippen molar-refractivity contribution >= 4 is 5.69 Å². The highest BCUT2D eigenvalue weighted by atomic mass is 14.9. The summed E-state index contributed by atoms with van der Waals surface area (Å²) in [4.78, 5) is 0. The molecule has 2 rings (SSSR count). The minimum atomic E-state index is 0.893. The summed E-state index contributed by atoms with van der Waals surface area (Å²) in [5.74, 6) is 0. The number of rotatable bonds is 4. The van der Waals surface area contributed by atoms with Crippen LogP contribution < -0.4 is 5.32 Å². The molecule has 0 saturated heterocycles. The quantitative estimate of drug-likeness (QED) is 0.826. The molecular weight excluding hydrogens is 230 g/mol. The maximum Gasteiger partial charge on any atom is 0.0403 e. The Morgan fingerprint density at radius 3 is 2.26 bits per heavy atom. The van der Waals surface area contributed by atoms with Crippen molar-refractivity contribution in [2.75, 3.05) is 5.32 Å². The highest BCUT2D eigenvalue weighted by Gasteiger charge is 2.03. The van der Waals surface area contributed by atoms with Gasteiger partial charge in [0.15, 0.2) is 0 Å². The number of benzene rings is 2. The van der Waals surface area contributed by atoms with Crippen molar-refractivity contribution in [1.82, 2.24) is 0 Å². The van der Waals surface area contributed by atoms with E-state index in [1.165, 1.54) is 33.5 Å². The summed E-state index contributed by atoms with van der Waals surface area (Å²) in [6.45, 7) is 9.63. The van der Waals surface area contributed by atoms with Gasteiger partial charge in [0.2, 0.25) is 0 Å². The molecule has 2 aromatic carbocycles. The molecule has 0 amide bonds. The van der Waals surface area contributed by atoms with E-state index in [9.17, 15) is 0 Å². The predicted octanol–water partition coefficient (Wildman–Crippen LogP) is 4.79. The van der Waals surface area contributed by atoms with E-state index >= 15 is 0 Å². The molecule has 0 aromatic heterocycles. The minimum Gasteiger partial charge on any atom is -0.381 e. The lowest BCUT2D eigenvalue weighted by Gasteiger charge is -2.14. The van der Waals surface area contributed by atoms with Gasteiger partial charge in [0.05, 0.1) is 0 Å². The second-order valence-corrected chi connectivity index (χ2v) is 5.23. The number of anilines is 1. The molecule has 100 valence electrons. The van der Waals surface area contributed by atoms with Crippen LogP contribution in [-0.4, -0.2) is 0 Å². The van der Waals surface area contributed by atoms with Crippen LogP contribution in [0.15, 0.2) is 36.4 Å². The van der Waals surface area contributed by atoms with Crippen molar-refractivity contribution in [1.29, 1.82) is 0 Å². The summed E-state index contributed by atoms with van der Waals surface area (Å²) in [7, 11) is 0. The maximum atomic E-state index is 3.57. The summed E-state index contributed by atoms with van der Waals surface area (Å²) < 4.78 is 0. The van der Waals surface area contributed by atoms with E-state index in [0.29, 0.717) is 0 Å². The number of para-hydroxylation sites is 1. The molecule has 0 aliphatic rings. The molecule has 0 heterocycles. The molecule has 0 saturated carbocycles. The molecule has 0 aliphatic carbocycles. The van der Waals surface area contributed by atoms with Gasteiger partial charge in [-0.2, -0.15) is 0 Å². The first kappa shape index (κ1) is 13.7. The van der Waals surface area contributed by atoms with E-state index < -0.39 is 0 Å². The van der Waals surface area contributed by atoms with Crippen molar-refractivity contribution < 1.29 is 0 Å². The van der Waals surface area contributed by atoms with Gasteiger partial charge in [-0.15, -0.1) is 0 Å². The lowest BCUT2D eigenvalue weighted by molar-refractivity contribution is 1.07. The summed E-state index contributed by atoms with van der Waals surface area (Å²) in [6, 6.07) is 13.1. The molecule has 19 heavy (non-hydrogen) atoms. The topological polar surface area (TPSA) is 12.0 Å². The zero-order valence-corrected chi connectivity index (χ0v) is 12.4. The summed E-state index contributed by atoms with van der Waals surface area (Å²) in [5, 5.41) is 3.57. The SMILES string of the molecule is CCc1ccccc1NCc1cc(C)c(C)cc1C. The smallest absolute Gasteiger partial charge is 0.0403 e. The first-order valence-corrected chi connectivity index (χ1v) is 7.00. The van der Waals surface area contributed by atoms with E-state index in [1.54, 1.807) is 0 Å². The zero-order valence-electron chi connectivity index (χ0n) is 12.4. The third kappa shape index (κ3) is 3.17. The fourth-order valence-electron chi connectivity index (χ4n) is 2.40. The summed E-state index contributed by atoms with van der Waals surface area (Å²) >= 11 is 0. The molecule has 0 bridgehead atoms. The molecule has 0 spiro atoms. The van der Waals surface area contributed by atoms with E-state index in [1.807, 2.05) is 0 Å². The van der Waals surface area contributed by atoms with Crippen LogP contribution in [0, 0.1) is 20.8 Å². The van der Waals surface area contributed by atoms with Crippen LogP contribution >= 0.6 is 0 Å². The molecule has 0 radical (unpaired) electrons. The van der Waals surface area contributed by atoms with Crippen molar-refractivity contribution in [2.45, 2.75) is 40.7 Å². The Morgan fingerprint density at radius 1 is 0.842 bits per heavy atom. The van der Waals surface area contributed by atoms with Crippen LogP contribution in [-0.2, 0) is 13.0 Å². The first-order chi connectivity index (χ1) is 9.11. The molecule has 2 aromatic rings. The molecule has 1 nitrogen and oxygen atoms in total. The zero-order chi connectivity index (χ0) is 13.8. The standard InChI is InChI=1S/C18H23N/c1-5-16-8-6-7-9-18(16)19-12-17-11-14(3)13(2)10-15(17)4/h6-11,19H,5,12H2,1-4H3. The highest BCUT2D eigenvalue weighted by Crippen LogP contribution is 2.19. The maximum absolute atomic E-state index is 3.57. The predicted molar refractivity (Wildman–Crippen MR) is 83.8 cm³/mol. The monoisotopic (exact) mass is 253 g/mol. The van der Waals surface area contributed by atoms with E-state index in [4.69, 9.17) is 0 Å². The Balaban J connectivity index is 2.17. The number of nitrogens with one attached hydrogen (secondary N) is 1. The fourth-order valence-corrected chi connectivity index (χ4v) is 2.40. The van der Waals surface area contributed by atoms with Crippen molar-refractivity contribution in [3.05, 3.63) is 64.2 Å². The van der Waals surface area contributed by atoms with Gasteiger partial charge in [0, 0.05) is 12.2 Å². The lowest BCUT2D eigenvalue weighted by Crippen LogP contribution is -2.04. The van der Waals surface area contributed by atoms with E-state index in [0.717, 1.165) is 13.0 Å². The van der Waals surface area contributed by atoms with E-state index in [-0.39, 0.29) is 0 Å². The van der Waals surface area contributed by atoms with Gasteiger partial charge in [-0.3, -0.25) is 0 Å². The van der Waals surface area contributed by atoms with Crippen molar-refractivity contribution in [3.63, 3.8) is 0 Å². The molecule has 1 heteroatoms. The Labute approximate surface area is 116 Å². The first-order valence-electron chi connectivity index (χ1n) is 7.00. The van der Waals surface area contributed by atoms with Crippen molar-refractivity contribution in [2.24, 2.45) is 0 Å². The lowest BCUT2D eigenvalue weighted by atomic mass is 10.0. The number of hydrogen-bond donors (Lipinski definition) is 1. The number of aryl methyl sites for hydroxylation is 4. The average Bonchev–Trinajstić information content (AvgIpc) is 2.41. The Hall–Kier alpha value is -1.76. The Bertz CT molecular complexity index is 570. The molecule has 0 atom stereocenters. The van der Waals surface area contributed by atoms with Crippen LogP contribution in [0.1, 0.15) is 34.7 Å². The average molecular weight is 253 g/mol. The van der Waals surface area contributed by atoms with Gasteiger partial charge in [0.25, 0.3) is 0 Å². The minimum absolute atomic E-state index is 0.893. The van der Waals surface area contributed by atoms with Gasteiger partial charge in [-0.1, -0.05) is 37.3 Å². The molecule has 0 aliphatic heterocycles. The van der Waals surface area contributed by atoms with Crippen molar-refractivity contribution in [3.8, 4) is 0 Å². The largest absolute Gasteiger partial charge is 0.381 e. The van der Waals surface area contributed by atoms with Crippen LogP contribution in [0.25, 0.3) is 0 Å². The third-order valence-electron chi connectivity index (χ3n) is 3.82. The molecule has 1 N–H and O–H groups in total. The second kappa shape index (κ2) is 5.92. The van der Waals surface area contributed by atoms with Gasteiger partial charge in [0.1, 0.15) is 0 Å². The molecule has 0 unspecified atom stereocenters. The summed E-state index contributed by atoms with van der Waals surface area (Å²) in [6.07, 6.45) is 1.06. The van der Waals surface area contributed by atoms with E-state index in [2.05, 4.69) is 69.4 Å². The van der Waals surface area contributed by atoms with Gasteiger partial charge >= 0.3 is 0 Å². The summed E-state index contributed by atoms with van der Waals surface area (Å²) in [5.41, 5.74) is 8.12. The van der Waals surface area contributed by atoms with Crippen LogP contribution in [0.2, 0.25) is 0 Å². The van der Waals surface area contributed by atoms with Crippen LogP contribution in [0.3, 0.4) is 0 Å². The molecule has 0 fully saturated rings. The van der Waals surface area contributed by atoms with Gasteiger partial charge < -0.3 is 5.32 Å². The van der Waals surface area contributed by atoms with Gasteiger partial charge in [-0.25, -0.2) is 0 Å². The molecular formula is C18H23N. The normalized spacial score (nSPS) is 10.5. The number of hydrogen-bond acceptors (Lipinski definition) is 1. The fraction of sp³-hybridized carbons (Fsp3) is 0.333. The van der Waals surface area contributed by atoms with Crippen LogP contribution in [0.4, 0.5) is 5.69 Å². The third-order valence-corrected chi connectivity index (χ3v) is 3.82. The second-order valence-electron chi connectivity index (χ2n) is 5.23. The Morgan fingerprint density at radius 2 is 1.53 bits per heavy atom. The van der Waals surface area contributed by atoms with Crippen LogP contribution in [0.5, 0.6) is 0 Å². The van der Waals surface area contributed by atoms with Gasteiger partial charge in [-0.05, 0) is 61.1 Å². The highest BCUT2D eigenvalue weighted by molar-refractivity contribution is 5.52.